The first kappa shape index (κ1) is 8460. The van der Waals surface area contributed by atoms with E-state index in [9.17, 15) is 0 Å². The van der Waals surface area contributed by atoms with Crippen LogP contribution in [0.4, 0.5) is 0 Å². The molecule has 0 bridgehead atoms. The fourth-order valence-electron chi connectivity index (χ4n) is 0. The first-order valence-corrected chi connectivity index (χ1v) is 0.908. The Bertz CT molecular complexity index is 77.1. The van der Waals surface area contributed by atoms with Gasteiger partial charge >= 0.3 is 0 Å². The van der Waals surface area contributed by atoms with Crippen LogP contribution in [-0.2, 0) is 9.59 Å². The molecule has 0 spiro atoms. The second-order valence-corrected chi connectivity index (χ2v) is 0.204. The van der Waals surface area contributed by atoms with Crippen LogP contribution in [0.5, 0.6) is 0 Å². The highest BCUT2D eigenvalue weighted by atomic mass is 16.1. The van der Waals surface area contributed by atoms with Gasteiger partial charge in [0.25, 0.3) is 0 Å². The summed E-state index contributed by atoms with van der Waals surface area (Å²) < 4.78 is 0. The van der Waals surface area contributed by atoms with Gasteiger partial charge < -0.3 is 0 Å². The molecule has 0 aromatic heterocycles. The van der Waals surface area contributed by atoms with Crippen molar-refractivity contribution in [1.82, 2.24) is 0 Å². The van der Waals surface area contributed by atoms with Gasteiger partial charge in [-0.2, -0.15) is 0 Å². The van der Waals surface area contributed by atoms with Crippen molar-refractivity contribution in [1.29, 1.82) is 10.8 Å². The molecule has 0 amide bonds. The van der Waals surface area contributed by atoms with Gasteiger partial charge in [0, 0.05) is 0 Å². The molecule has 0 saturated heterocycles. The third-order valence-corrected chi connectivity index (χ3v) is 0. The van der Waals surface area contributed by atoms with Crippen molar-refractivity contribution in [3.63, 3.8) is 0 Å². The maximum atomic E-state index is 8.35. The highest BCUT2D eigenvalue weighted by Crippen LogP contribution is 0.871. The summed E-state index contributed by atoms with van der Waals surface area (Å²) in [5.41, 5.74) is 0. The van der Waals surface area contributed by atoms with Crippen molar-refractivity contribution >= 4 is 12.2 Å². The van der Waals surface area contributed by atoms with Gasteiger partial charge in [-0.15, -0.1) is 0 Å². The zero-order chi connectivity index (χ0) is 5.41. The van der Waals surface area contributed by atoms with E-state index in [2.05, 4.69) is 0 Å². The zero-order valence-corrected chi connectivity index (χ0v) is 2.82. The Morgan fingerprint density at radius 1 is 0.167 bits per heavy atom. The Morgan fingerprint density at radius 2 is 0.167 bits per heavy atom. The number of isocyanates is 2. The van der Waals surface area contributed by atoms with Crippen LogP contribution in [0.15, 0.2) is 0 Å². The van der Waals surface area contributed by atoms with Crippen molar-refractivity contribution in [2.45, 2.75) is 267 Å². The van der Waals surface area contributed by atoms with Gasteiger partial charge in [-0.3, -0.25) is 0 Å². The van der Waals surface area contributed by atoms with Gasteiger partial charge in [0.1, 0.15) is 0 Å². The van der Waals surface area contributed by atoms with E-state index in [4.69, 9.17) is 20.4 Å². The molecule has 0 aliphatic rings. The standard InChI is InChI=1S/2CHNO.36CH4/c2*2-1-3;;;;;;;;;;;;;;;;;;;;;;;;;;;;;;;;;;;;/h2*2H;36*1H4. The van der Waals surface area contributed by atoms with Gasteiger partial charge in [-0.25, -0.2) is 20.4 Å². The molecule has 0 aromatic carbocycles. The van der Waals surface area contributed by atoms with Gasteiger partial charge in [0.2, 0.25) is 12.2 Å². The Labute approximate surface area is 299 Å². The van der Waals surface area contributed by atoms with E-state index in [1.807, 2.05) is 0 Å². The molecular weight excluding hydrogens is 516 g/mol. The fraction of sp³-hybridized carbons (Fsp3) is 0.947. The number of hydrogen-bond donors (Lipinski definition) is 2. The minimum absolute atomic E-state index is 0. The molecule has 0 fully saturated rings. The second-order valence-electron chi connectivity index (χ2n) is 0.204. The highest BCUT2D eigenvalue weighted by Gasteiger charge is 1.04. The summed E-state index contributed by atoms with van der Waals surface area (Å²) in [6.07, 6.45) is 1.50. The molecule has 0 unspecified atom stereocenters. The minimum atomic E-state index is 0. The lowest BCUT2D eigenvalue weighted by molar-refractivity contribution is 0.562. The molecular formula is C38H146N2O2. The van der Waals surface area contributed by atoms with Gasteiger partial charge in [0.15, 0.2) is 0 Å². The smallest absolute Gasteiger partial charge is 0.222 e. The van der Waals surface area contributed by atoms with E-state index in [1.165, 1.54) is 0 Å². The molecule has 0 atom stereocenters. The van der Waals surface area contributed by atoms with Crippen molar-refractivity contribution in [3.8, 4) is 0 Å². The Morgan fingerprint density at radius 3 is 0.167 bits per heavy atom. The largest absolute Gasteiger partial charge is 0.231 e. The molecule has 320 valence electrons. The van der Waals surface area contributed by atoms with Crippen molar-refractivity contribution in [3.05, 3.63) is 0 Å². The predicted molar refractivity (Wildman–Crippen MR) is 259 cm³/mol. The monoisotopic (exact) mass is 663 g/mol. The van der Waals surface area contributed by atoms with E-state index in [-0.39, 0.29) is 267 Å². The first-order valence-electron chi connectivity index (χ1n) is 0.908. The SMILES string of the molecule is C.C.C.C.C.C.C.C.C.C.C.C.C.C.C.C.C.C.C.C.C.C.C.C.C.C.C.C.C.C.C.C.C.C.C.C.N=C=O.N=C=O. The molecule has 42 heavy (non-hydrogen) atoms. The molecule has 0 aromatic rings. The van der Waals surface area contributed by atoms with Crippen LogP contribution in [0.1, 0.15) is 267 Å². The first-order chi connectivity index (χ1) is 2.83. The van der Waals surface area contributed by atoms with Gasteiger partial charge in [-0.1, -0.05) is 267 Å². The van der Waals surface area contributed by atoms with Gasteiger partial charge in [-0.05, 0) is 0 Å². The lowest BCUT2D eigenvalue weighted by Gasteiger charge is -1.02. The molecule has 0 aliphatic heterocycles. The van der Waals surface area contributed by atoms with Crippen LogP contribution in [0, 0.1) is 10.8 Å². The average molecular weight is 664 g/mol. The summed E-state index contributed by atoms with van der Waals surface area (Å²) in [6.45, 7) is 0. The van der Waals surface area contributed by atoms with E-state index in [1.54, 1.807) is 0 Å². The van der Waals surface area contributed by atoms with Crippen molar-refractivity contribution < 1.29 is 9.59 Å². The molecule has 0 heterocycles. The number of hydrogen-bond acceptors (Lipinski definition) is 4. The summed E-state index contributed by atoms with van der Waals surface area (Å²) in [5, 5.41) is 10.8. The van der Waals surface area contributed by atoms with E-state index < -0.39 is 0 Å². The highest BCUT2D eigenvalue weighted by molar-refractivity contribution is 5.26. The Kier molecular flexibility index (Phi) is 20800000. The lowest BCUT2D eigenvalue weighted by Crippen LogP contribution is -1.16. The lowest BCUT2D eigenvalue weighted by atomic mass is 11.7. The van der Waals surface area contributed by atoms with Crippen LogP contribution in [0.25, 0.3) is 0 Å². The number of nitrogens with one attached hydrogen (secondary N) is 2. The molecule has 0 radical (unpaired) electrons. The minimum Gasteiger partial charge on any atom is -0.222 e. The summed E-state index contributed by atoms with van der Waals surface area (Å²) in [5.74, 6) is 0. The number of carbonyl (C=O) groups excluding carboxylic acids is 2. The number of rotatable bonds is 0. The summed E-state index contributed by atoms with van der Waals surface area (Å²) >= 11 is 0. The van der Waals surface area contributed by atoms with Crippen LogP contribution in [0.3, 0.4) is 0 Å². The molecule has 0 aliphatic carbocycles. The average Bonchev–Trinajstić information content (AvgIpc) is 1.39. The maximum Gasteiger partial charge on any atom is 0.231 e. The summed E-state index contributed by atoms with van der Waals surface area (Å²) in [4.78, 5) is 16.7. The third-order valence-electron chi connectivity index (χ3n) is 0. The van der Waals surface area contributed by atoms with Crippen LogP contribution < -0.4 is 0 Å². The molecule has 0 saturated carbocycles. The van der Waals surface area contributed by atoms with E-state index in [0.717, 1.165) is 12.2 Å². The van der Waals surface area contributed by atoms with Crippen LogP contribution in [0.2, 0.25) is 0 Å². The van der Waals surface area contributed by atoms with E-state index in [0.29, 0.717) is 0 Å². The Balaban J connectivity index is -0.000000000114. The summed E-state index contributed by atoms with van der Waals surface area (Å²) in [7, 11) is 0. The van der Waals surface area contributed by atoms with Crippen molar-refractivity contribution in [2.75, 3.05) is 0 Å². The zero-order valence-electron chi connectivity index (χ0n) is 2.82. The van der Waals surface area contributed by atoms with Crippen molar-refractivity contribution in [2.24, 2.45) is 0 Å². The molecule has 4 heteroatoms. The predicted octanol–water partition coefficient (Wildman–Crippen LogP) is 22.7. The van der Waals surface area contributed by atoms with Gasteiger partial charge in [0.05, 0.1) is 0 Å². The van der Waals surface area contributed by atoms with Crippen LogP contribution in [-0.4, -0.2) is 12.2 Å². The van der Waals surface area contributed by atoms with Crippen LogP contribution >= 0.6 is 0 Å². The Hall–Kier alpha value is -1.24. The molecule has 0 rings (SSSR count). The quantitative estimate of drug-likeness (QED) is 0.200. The normalized spacial score (nSPS) is 0.381. The second kappa shape index (κ2) is 103000. The summed E-state index contributed by atoms with van der Waals surface area (Å²) in [6, 6.07) is 0. The van der Waals surface area contributed by atoms with E-state index >= 15 is 0 Å². The fourth-order valence-corrected chi connectivity index (χ4v) is 0. The molecule has 2 N–H and O–H groups in total. The topological polar surface area (TPSA) is 81.8 Å². The maximum absolute atomic E-state index is 8.35. The molecule has 4 nitrogen and oxygen atoms in total. The third kappa shape index (κ3) is 35900.